The number of aliphatic hydroxyl groups excluding tert-OH is 1. The van der Waals surface area contributed by atoms with Gasteiger partial charge in [-0.2, -0.15) is 0 Å². The van der Waals surface area contributed by atoms with Gasteiger partial charge in [0.2, 0.25) is 0 Å². The van der Waals surface area contributed by atoms with Crippen LogP contribution < -0.4 is 10.1 Å². The van der Waals surface area contributed by atoms with Crippen molar-refractivity contribution in [3.63, 3.8) is 0 Å². The molecule has 1 amide bonds. The predicted octanol–water partition coefficient (Wildman–Crippen LogP) is 2.71. The van der Waals surface area contributed by atoms with E-state index in [2.05, 4.69) is 5.32 Å². The van der Waals surface area contributed by atoms with Crippen molar-refractivity contribution in [2.45, 2.75) is 31.4 Å². The van der Waals surface area contributed by atoms with Crippen molar-refractivity contribution in [3.8, 4) is 11.5 Å². The Balaban J connectivity index is 1.61. The lowest BCUT2D eigenvalue weighted by atomic mass is 9.74. The van der Waals surface area contributed by atoms with Crippen molar-refractivity contribution >= 4 is 5.91 Å². The van der Waals surface area contributed by atoms with Gasteiger partial charge < -0.3 is 20.3 Å². The number of carbonyl (C=O) groups is 1. The molecule has 5 nitrogen and oxygen atoms in total. The van der Waals surface area contributed by atoms with Crippen LogP contribution in [0.3, 0.4) is 0 Å². The second kappa shape index (κ2) is 6.61. The number of phenols is 1. The molecular formula is C20H20FNO4. The van der Waals surface area contributed by atoms with E-state index in [1.807, 2.05) is 18.2 Å². The van der Waals surface area contributed by atoms with Gasteiger partial charge in [-0.25, -0.2) is 4.39 Å². The first-order valence-electron chi connectivity index (χ1n) is 8.74. The highest BCUT2D eigenvalue weighted by molar-refractivity contribution is 5.95. The fraction of sp³-hybridized carbons (Fsp3) is 0.350. The predicted molar refractivity (Wildman–Crippen MR) is 92.6 cm³/mol. The number of phenolic OH excluding ortho intramolecular Hbond substituents is 1. The van der Waals surface area contributed by atoms with Gasteiger partial charge in [-0.05, 0) is 60.2 Å². The van der Waals surface area contributed by atoms with Gasteiger partial charge in [-0.1, -0.05) is 6.07 Å². The third-order valence-electron chi connectivity index (χ3n) is 5.17. The molecule has 26 heavy (non-hydrogen) atoms. The topological polar surface area (TPSA) is 78.8 Å². The number of ether oxygens (including phenoxy) is 1. The van der Waals surface area contributed by atoms with Crippen molar-refractivity contribution in [2.24, 2.45) is 5.92 Å². The Bertz CT molecular complexity index is 848. The number of amides is 1. The Morgan fingerprint density at radius 3 is 2.81 bits per heavy atom. The van der Waals surface area contributed by atoms with Gasteiger partial charge in [0.25, 0.3) is 5.91 Å². The van der Waals surface area contributed by atoms with Crippen LogP contribution in [-0.4, -0.2) is 28.8 Å². The van der Waals surface area contributed by atoms with Gasteiger partial charge in [-0.15, -0.1) is 0 Å². The fourth-order valence-electron chi connectivity index (χ4n) is 3.68. The minimum atomic E-state index is -0.685. The molecule has 136 valence electrons. The molecule has 0 saturated heterocycles. The van der Waals surface area contributed by atoms with Crippen molar-refractivity contribution in [1.82, 2.24) is 5.32 Å². The molecule has 0 aromatic heterocycles. The first kappa shape index (κ1) is 16.8. The molecule has 1 fully saturated rings. The van der Waals surface area contributed by atoms with Gasteiger partial charge >= 0.3 is 0 Å². The molecule has 1 saturated carbocycles. The molecule has 2 aliphatic rings. The number of aliphatic hydroxyl groups is 1. The number of halogens is 1. The molecule has 6 heteroatoms. The highest BCUT2D eigenvalue weighted by atomic mass is 19.1. The van der Waals surface area contributed by atoms with Gasteiger partial charge in [0.05, 0.1) is 24.3 Å². The van der Waals surface area contributed by atoms with Crippen LogP contribution in [0.4, 0.5) is 4.39 Å². The molecule has 0 radical (unpaired) electrons. The molecule has 1 aliphatic heterocycles. The summed E-state index contributed by atoms with van der Waals surface area (Å²) in [7, 11) is 0. The van der Waals surface area contributed by atoms with Crippen LogP contribution in [0.15, 0.2) is 36.4 Å². The Morgan fingerprint density at radius 1 is 1.23 bits per heavy atom. The Labute approximate surface area is 150 Å². The lowest BCUT2D eigenvalue weighted by Gasteiger charge is -2.38. The zero-order valence-electron chi connectivity index (χ0n) is 14.1. The summed E-state index contributed by atoms with van der Waals surface area (Å²) in [6, 6.07) is 8.86. The van der Waals surface area contributed by atoms with E-state index in [-0.39, 0.29) is 29.4 Å². The number of hydrogen-bond acceptors (Lipinski definition) is 4. The van der Waals surface area contributed by atoms with Gasteiger partial charge in [0, 0.05) is 6.42 Å². The summed E-state index contributed by atoms with van der Waals surface area (Å²) in [5.41, 5.74) is 1.81. The van der Waals surface area contributed by atoms with E-state index in [1.54, 1.807) is 0 Å². The highest BCUT2D eigenvalue weighted by Gasteiger charge is 2.36. The Hall–Kier alpha value is -2.60. The number of rotatable bonds is 4. The van der Waals surface area contributed by atoms with Crippen LogP contribution in [0.5, 0.6) is 11.5 Å². The SMILES string of the molecule is O=C(NC(c1ccc2c(c1)CCO2)C1CC(O)C1)c1cc(O)ccc1F. The standard InChI is InChI=1S/C20H20FNO4/c21-17-3-2-14(23)10-16(17)20(25)22-19(13-8-15(24)9-13)12-1-4-18-11(7-12)5-6-26-18/h1-4,7,10,13,15,19,23-24H,5-6,8-9H2,(H,22,25). The molecule has 2 aromatic rings. The summed E-state index contributed by atoms with van der Waals surface area (Å²) < 4.78 is 19.5. The quantitative estimate of drug-likeness (QED) is 0.786. The van der Waals surface area contributed by atoms with E-state index in [0.717, 1.165) is 35.4 Å². The first-order chi connectivity index (χ1) is 12.5. The van der Waals surface area contributed by atoms with Crippen LogP contribution in [0, 0.1) is 11.7 Å². The molecule has 4 rings (SSSR count). The highest BCUT2D eigenvalue weighted by Crippen LogP contribution is 2.40. The minimum absolute atomic E-state index is 0.0784. The third kappa shape index (κ3) is 3.12. The maximum atomic E-state index is 14.0. The minimum Gasteiger partial charge on any atom is -0.508 e. The molecule has 2 aromatic carbocycles. The number of benzene rings is 2. The van der Waals surface area contributed by atoms with E-state index >= 15 is 0 Å². The van der Waals surface area contributed by atoms with E-state index < -0.39 is 11.7 Å². The second-order valence-corrected chi connectivity index (χ2v) is 6.97. The lowest BCUT2D eigenvalue weighted by Crippen LogP contribution is -2.41. The smallest absolute Gasteiger partial charge is 0.254 e. The van der Waals surface area contributed by atoms with E-state index in [9.17, 15) is 19.4 Å². The summed E-state index contributed by atoms with van der Waals surface area (Å²) in [6.07, 6.45) is 1.62. The second-order valence-electron chi connectivity index (χ2n) is 6.97. The van der Waals surface area contributed by atoms with E-state index in [0.29, 0.717) is 19.4 Å². The molecule has 1 atom stereocenters. The van der Waals surface area contributed by atoms with Crippen molar-refractivity contribution in [1.29, 1.82) is 0 Å². The van der Waals surface area contributed by atoms with Crippen molar-refractivity contribution < 1.29 is 24.1 Å². The molecule has 1 aliphatic carbocycles. The van der Waals surface area contributed by atoms with E-state index in [1.165, 1.54) is 6.07 Å². The normalized spacial score (nSPS) is 22.1. The van der Waals surface area contributed by atoms with Gasteiger partial charge in [0.15, 0.2) is 0 Å². The average Bonchev–Trinajstić information content (AvgIpc) is 3.06. The number of hydrogen-bond donors (Lipinski definition) is 3. The number of aromatic hydroxyl groups is 1. The zero-order valence-corrected chi connectivity index (χ0v) is 14.1. The average molecular weight is 357 g/mol. The largest absolute Gasteiger partial charge is 0.508 e. The maximum absolute atomic E-state index is 14.0. The summed E-state index contributed by atoms with van der Waals surface area (Å²) in [6.45, 7) is 0.645. The Kier molecular flexibility index (Phi) is 4.28. The molecule has 3 N–H and O–H groups in total. The van der Waals surface area contributed by atoms with Crippen molar-refractivity contribution in [2.75, 3.05) is 6.61 Å². The molecule has 1 unspecified atom stereocenters. The maximum Gasteiger partial charge on any atom is 0.254 e. The third-order valence-corrected chi connectivity index (χ3v) is 5.17. The lowest BCUT2D eigenvalue weighted by molar-refractivity contribution is 0.0234. The van der Waals surface area contributed by atoms with Crippen LogP contribution >= 0.6 is 0 Å². The van der Waals surface area contributed by atoms with Gasteiger partial charge in [0.1, 0.15) is 17.3 Å². The molecule has 0 bridgehead atoms. The summed E-state index contributed by atoms with van der Waals surface area (Å²) in [4.78, 5) is 12.6. The van der Waals surface area contributed by atoms with Crippen LogP contribution in [0.2, 0.25) is 0 Å². The number of fused-ring (bicyclic) bond motifs is 1. The van der Waals surface area contributed by atoms with Crippen LogP contribution in [0.25, 0.3) is 0 Å². The van der Waals surface area contributed by atoms with Crippen LogP contribution in [0.1, 0.15) is 40.4 Å². The number of nitrogens with one attached hydrogen (secondary N) is 1. The molecule has 1 heterocycles. The first-order valence-corrected chi connectivity index (χ1v) is 8.74. The summed E-state index contributed by atoms with van der Waals surface area (Å²) in [5.74, 6) is -0.500. The van der Waals surface area contributed by atoms with Crippen molar-refractivity contribution in [3.05, 3.63) is 58.9 Å². The summed E-state index contributed by atoms with van der Waals surface area (Å²) in [5, 5.41) is 22.1. The van der Waals surface area contributed by atoms with Gasteiger partial charge in [-0.3, -0.25) is 4.79 Å². The fourth-order valence-corrected chi connectivity index (χ4v) is 3.68. The summed E-state index contributed by atoms with van der Waals surface area (Å²) >= 11 is 0. The van der Waals surface area contributed by atoms with Crippen LogP contribution in [-0.2, 0) is 6.42 Å². The number of carbonyl (C=O) groups excluding carboxylic acids is 1. The van der Waals surface area contributed by atoms with E-state index in [4.69, 9.17) is 4.74 Å². The molecule has 0 spiro atoms. The molecular weight excluding hydrogens is 337 g/mol. The zero-order chi connectivity index (χ0) is 18.3. The Morgan fingerprint density at radius 2 is 2.04 bits per heavy atom. The monoisotopic (exact) mass is 357 g/mol.